The van der Waals surface area contributed by atoms with Crippen LogP contribution in [0.1, 0.15) is 46.0 Å². The molecule has 0 bridgehead atoms. The standard InChI is InChI=1S/C17H20N2O/c1-9-6-13-12-4-3-5-15-16(12)11(8-18-15)7-14(13)17(19-9)10(2)20/h14,17H,3-8H2,1-2H3. The quantitative estimate of drug-likeness (QED) is 0.720. The average Bonchev–Trinajstić information content (AvgIpc) is 2.84. The molecule has 104 valence electrons. The fourth-order valence-electron chi connectivity index (χ4n) is 4.37. The van der Waals surface area contributed by atoms with Crippen molar-refractivity contribution < 1.29 is 4.79 Å². The second kappa shape index (κ2) is 4.24. The van der Waals surface area contributed by atoms with E-state index in [2.05, 4.69) is 11.9 Å². The van der Waals surface area contributed by atoms with Gasteiger partial charge in [0.1, 0.15) is 6.04 Å². The summed E-state index contributed by atoms with van der Waals surface area (Å²) in [6.45, 7) is 4.62. The van der Waals surface area contributed by atoms with E-state index in [0.29, 0.717) is 5.92 Å². The topological polar surface area (TPSA) is 41.8 Å². The molecule has 2 heterocycles. The van der Waals surface area contributed by atoms with Crippen molar-refractivity contribution in [1.82, 2.24) is 0 Å². The second-order valence-electron chi connectivity index (χ2n) is 6.51. The maximum atomic E-state index is 12.0. The summed E-state index contributed by atoms with van der Waals surface area (Å²) in [7, 11) is 0. The molecule has 4 aliphatic rings. The van der Waals surface area contributed by atoms with E-state index in [1.54, 1.807) is 6.92 Å². The molecule has 3 nitrogen and oxygen atoms in total. The van der Waals surface area contributed by atoms with Crippen LogP contribution < -0.4 is 0 Å². The monoisotopic (exact) mass is 268 g/mol. The highest BCUT2D eigenvalue weighted by molar-refractivity contribution is 6.08. The first-order valence-corrected chi connectivity index (χ1v) is 7.67. The number of ketones is 1. The van der Waals surface area contributed by atoms with Gasteiger partial charge in [-0.2, -0.15) is 0 Å². The van der Waals surface area contributed by atoms with Gasteiger partial charge in [-0.05, 0) is 56.3 Å². The maximum Gasteiger partial charge on any atom is 0.154 e. The lowest BCUT2D eigenvalue weighted by atomic mass is 9.68. The Morgan fingerprint density at radius 3 is 2.95 bits per heavy atom. The molecule has 4 rings (SSSR count). The highest BCUT2D eigenvalue weighted by atomic mass is 16.1. The van der Waals surface area contributed by atoms with Gasteiger partial charge in [0.2, 0.25) is 0 Å². The minimum absolute atomic E-state index is 0.147. The molecule has 0 aromatic heterocycles. The summed E-state index contributed by atoms with van der Waals surface area (Å²) in [6, 6.07) is -0.147. The Labute approximate surface area is 119 Å². The molecule has 2 atom stereocenters. The lowest BCUT2D eigenvalue weighted by molar-refractivity contribution is -0.119. The van der Waals surface area contributed by atoms with E-state index in [9.17, 15) is 4.79 Å². The molecule has 20 heavy (non-hydrogen) atoms. The molecular weight excluding hydrogens is 248 g/mol. The van der Waals surface area contributed by atoms with Crippen molar-refractivity contribution in [3.05, 3.63) is 22.3 Å². The number of hydrogen-bond donors (Lipinski definition) is 0. The van der Waals surface area contributed by atoms with Crippen LogP contribution in [0.2, 0.25) is 0 Å². The summed E-state index contributed by atoms with van der Waals surface area (Å²) in [5.74, 6) is 0.531. The highest BCUT2D eigenvalue weighted by Crippen LogP contribution is 2.47. The first-order valence-electron chi connectivity index (χ1n) is 7.67. The zero-order valence-electron chi connectivity index (χ0n) is 12.2. The molecule has 0 aromatic carbocycles. The summed E-state index contributed by atoms with van der Waals surface area (Å²) in [6.07, 6.45) is 5.49. The zero-order valence-corrected chi connectivity index (χ0v) is 12.2. The van der Waals surface area contributed by atoms with Crippen LogP contribution in [0, 0.1) is 5.92 Å². The van der Waals surface area contributed by atoms with Crippen LogP contribution in [-0.4, -0.2) is 29.8 Å². The number of rotatable bonds is 1. The number of aliphatic imine (C=N–C) groups is 2. The van der Waals surface area contributed by atoms with Crippen LogP contribution in [0.4, 0.5) is 0 Å². The van der Waals surface area contributed by atoms with Gasteiger partial charge in [-0.15, -0.1) is 0 Å². The number of fused-ring (bicyclic) bond motifs is 1. The molecule has 1 fully saturated rings. The van der Waals surface area contributed by atoms with Gasteiger partial charge >= 0.3 is 0 Å². The maximum absolute atomic E-state index is 12.0. The number of allylic oxidation sites excluding steroid dienone is 2. The highest BCUT2D eigenvalue weighted by Gasteiger charge is 2.41. The molecule has 0 radical (unpaired) electrons. The van der Waals surface area contributed by atoms with Gasteiger partial charge in [-0.1, -0.05) is 5.57 Å². The second-order valence-corrected chi connectivity index (χ2v) is 6.51. The van der Waals surface area contributed by atoms with E-state index >= 15 is 0 Å². The normalized spacial score (nSPS) is 31.7. The van der Waals surface area contributed by atoms with Crippen molar-refractivity contribution in [3.63, 3.8) is 0 Å². The summed E-state index contributed by atoms with van der Waals surface area (Å²) >= 11 is 0. The molecule has 3 heteroatoms. The largest absolute Gasteiger partial charge is 0.298 e. The summed E-state index contributed by atoms with van der Waals surface area (Å²) < 4.78 is 0. The van der Waals surface area contributed by atoms with E-state index < -0.39 is 0 Å². The predicted molar refractivity (Wildman–Crippen MR) is 80.5 cm³/mol. The molecule has 0 amide bonds. The van der Waals surface area contributed by atoms with Crippen molar-refractivity contribution in [1.29, 1.82) is 0 Å². The Bertz CT molecular complexity index is 633. The van der Waals surface area contributed by atoms with Gasteiger partial charge in [-0.25, -0.2) is 0 Å². The summed E-state index contributed by atoms with van der Waals surface area (Å²) in [5, 5.41) is 0. The number of carbonyl (C=O) groups is 1. The van der Waals surface area contributed by atoms with Gasteiger partial charge in [-0.3, -0.25) is 14.8 Å². The van der Waals surface area contributed by atoms with Gasteiger partial charge in [0, 0.05) is 23.8 Å². The molecule has 2 unspecified atom stereocenters. The lowest BCUT2D eigenvalue weighted by Crippen LogP contribution is -2.36. The molecule has 0 saturated heterocycles. The lowest BCUT2D eigenvalue weighted by Gasteiger charge is -2.38. The minimum Gasteiger partial charge on any atom is -0.298 e. The Morgan fingerprint density at radius 1 is 1.30 bits per heavy atom. The number of Topliss-reactive ketones (excluding diaryl/α,β-unsaturated/α-hetero) is 1. The first-order chi connectivity index (χ1) is 9.65. The van der Waals surface area contributed by atoms with Crippen molar-refractivity contribution in [3.8, 4) is 0 Å². The van der Waals surface area contributed by atoms with E-state index in [-0.39, 0.29) is 11.8 Å². The summed E-state index contributed by atoms with van der Waals surface area (Å²) in [5.41, 5.74) is 8.45. The molecule has 0 aromatic rings. The molecule has 0 spiro atoms. The van der Waals surface area contributed by atoms with Gasteiger partial charge in [0.25, 0.3) is 0 Å². The van der Waals surface area contributed by atoms with Crippen LogP contribution in [0.5, 0.6) is 0 Å². The van der Waals surface area contributed by atoms with Crippen molar-refractivity contribution >= 4 is 17.2 Å². The van der Waals surface area contributed by atoms with Crippen molar-refractivity contribution in [2.75, 3.05) is 6.54 Å². The Balaban J connectivity index is 1.85. The number of carbonyl (C=O) groups excluding carboxylic acids is 1. The average molecular weight is 268 g/mol. The SMILES string of the molecule is CC(=O)C1N=C(C)CC2=C3CCCC4=NCC(=C43)CC21. The molecule has 1 saturated carbocycles. The van der Waals surface area contributed by atoms with Gasteiger partial charge in [0.05, 0.1) is 6.54 Å². The fourth-order valence-corrected chi connectivity index (χ4v) is 4.37. The number of hydrogen-bond acceptors (Lipinski definition) is 3. The molecule has 2 aliphatic carbocycles. The fraction of sp³-hybridized carbons (Fsp3) is 0.588. The third-order valence-corrected chi connectivity index (χ3v) is 5.15. The Morgan fingerprint density at radius 2 is 2.15 bits per heavy atom. The van der Waals surface area contributed by atoms with Crippen LogP contribution in [0.15, 0.2) is 32.3 Å². The number of nitrogens with zero attached hydrogens (tertiary/aromatic N) is 2. The molecule has 2 aliphatic heterocycles. The Hall–Kier alpha value is -1.51. The van der Waals surface area contributed by atoms with Crippen LogP contribution in [-0.2, 0) is 4.79 Å². The van der Waals surface area contributed by atoms with E-state index in [0.717, 1.165) is 31.5 Å². The van der Waals surface area contributed by atoms with Crippen LogP contribution in [0.3, 0.4) is 0 Å². The van der Waals surface area contributed by atoms with Crippen LogP contribution >= 0.6 is 0 Å². The summed E-state index contributed by atoms with van der Waals surface area (Å²) in [4.78, 5) is 21.4. The van der Waals surface area contributed by atoms with Crippen molar-refractivity contribution in [2.45, 2.75) is 52.0 Å². The van der Waals surface area contributed by atoms with Gasteiger partial charge in [0.15, 0.2) is 5.78 Å². The minimum atomic E-state index is -0.147. The van der Waals surface area contributed by atoms with E-state index in [1.165, 1.54) is 40.8 Å². The van der Waals surface area contributed by atoms with E-state index in [1.807, 2.05) is 0 Å². The van der Waals surface area contributed by atoms with Crippen molar-refractivity contribution in [2.24, 2.45) is 15.9 Å². The molecule has 0 N–H and O–H groups in total. The first kappa shape index (κ1) is 12.2. The predicted octanol–water partition coefficient (Wildman–Crippen LogP) is 3.06. The Kier molecular flexibility index (Phi) is 2.60. The zero-order chi connectivity index (χ0) is 13.9. The van der Waals surface area contributed by atoms with E-state index in [4.69, 9.17) is 4.99 Å². The van der Waals surface area contributed by atoms with Gasteiger partial charge < -0.3 is 0 Å². The van der Waals surface area contributed by atoms with Crippen LogP contribution in [0.25, 0.3) is 0 Å². The smallest absolute Gasteiger partial charge is 0.154 e. The third-order valence-electron chi connectivity index (χ3n) is 5.15. The molecular formula is C17H20N2O. The third kappa shape index (κ3) is 1.62.